The normalized spacial score (nSPS) is 9.00. The molecule has 0 spiro atoms. The first-order valence-electron chi connectivity index (χ1n) is 5.09. The van der Waals surface area contributed by atoms with Crippen LogP contribution < -0.4 is 4.90 Å². The summed E-state index contributed by atoms with van der Waals surface area (Å²) < 4.78 is 0. The van der Waals surface area contributed by atoms with Crippen LogP contribution in [0.4, 0.5) is 5.69 Å². The zero-order valence-electron chi connectivity index (χ0n) is 9.23. The monoisotopic (exact) mass is 213 g/mol. The van der Waals surface area contributed by atoms with Crippen molar-refractivity contribution in [1.82, 2.24) is 0 Å². The summed E-state index contributed by atoms with van der Waals surface area (Å²) in [5.74, 6) is 1.76. The summed E-state index contributed by atoms with van der Waals surface area (Å²) in [6, 6.07) is 7.71. The molecule has 0 aromatic heterocycles. The molecule has 0 fully saturated rings. The Morgan fingerprint density at radius 3 is 2.12 bits per heavy atom. The van der Waals surface area contributed by atoms with E-state index in [1.807, 2.05) is 36.4 Å². The first-order valence-corrected chi connectivity index (χ1v) is 5.09. The Morgan fingerprint density at radius 1 is 1.12 bits per heavy atom. The van der Waals surface area contributed by atoms with Gasteiger partial charge in [0.05, 0.1) is 0 Å². The fraction of sp³-hybridized carbons (Fsp3) is 0.143. The summed E-state index contributed by atoms with van der Waals surface area (Å²) in [5.41, 5.74) is 1.94. The molecule has 0 saturated carbocycles. The lowest BCUT2D eigenvalue weighted by atomic mass is 10.2. The summed E-state index contributed by atoms with van der Waals surface area (Å²) in [5, 5.41) is 0. The minimum absolute atomic E-state index is 0.773. The van der Waals surface area contributed by atoms with Gasteiger partial charge in [-0.15, -0.1) is 13.2 Å². The van der Waals surface area contributed by atoms with Gasteiger partial charge in [-0.25, -0.2) is 4.79 Å². The van der Waals surface area contributed by atoms with Gasteiger partial charge in [0, 0.05) is 24.9 Å². The molecule has 0 atom stereocenters. The van der Waals surface area contributed by atoms with Gasteiger partial charge in [0.25, 0.3) is 0 Å². The fourth-order valence-electron chi connectivity index (χ4n) is 1.45. The number of anilines is 1. The lowest BCUT2D eigenvalue weighted by molar-refractivity contribution is 0.570. The standard InChI is InChI=1S/C14H15NO/c1-3-10-15(11-4-2)14-7-5-13(6-8-14)9-12-16/h3-9H,1-2,10-11H2. The molecule has 0 amide bonds. The molecule has 0 aliphatic carbocycles. The second kappa shape index (κ2) is 6.44. The highest BCUT2D eigenvalue weighted by Gasteiger charge is 2.01. The van der Waals surface area contributed by atoms with Gasteiger partial charge >= 0.3 is 0 Å². The second-order valence-corrected chi connectivity index (χ2v) is 3.34. The number of hydrogen-bond acceptors (Lipinski definition) is 2. The van der Waals surface area contributed by atoms with Crippen molar-refractivity contribution in [3.8, 4) is 0 Å². The highest BCUT2D eigenvalue weighted by atomic mass is 16.1. The van der Waals surface area contributed by atoms with Gasteiger partial charge in [0.2, 0.25) is 0 Å². The van der Waals surface area contributed by atoms with E-state index < -0.39 is 0 Å². The third-order valence-electron chi connectivity index (χ3n) is 2.18. The van der Waals surface area contributed by atoms with E-state index in [1.54, 1.807) is 5.94 Å². The third-order valence-corrected chi connectivity index (χ3v) is 2.18. The summed E-state index contributed by atoms with van der Waals surface area (Å²) in [4.78, 5) is 12.3. The maximum Gasteiger partial charge on any atom is 0.125 e. The van der Waals surface area contributed by atoms with Crippen LogP contribution in [0.1, 0.15) is 5.56 Å². The predicted molar refractivity (Wildman–Crippen MR) is 69.2 cm³/mol. The van der Waals surface area contributed by atoms with E-state index in [4.69, 9.17) is 0 Å². The van der Waals surface area contributed by atoms with Crippen LogP contribution >= 0.6 is 0 Å². The molecule has 16 heavy (non-hydrogen) atoms. The molecular formula is C14H15NO. The van der Waals surface area contributed by atoms with Crippen LogP contribution in [0.5, 0.6) is 0 Å². The zero-order valence-corrected chi connectivity index (χ0v) is 9.23. The molecular weight excluding hydrogens is 198 g/mol. The predicted octanol–water partition coefficient (Wildman–Crippen LogP) is 2.71. The van der Waals surface area contributed by atoms with Gasteiger partial charge in [0.15, 0.2) is 0 Å². The first-order chi connectivity index (χ1) is 7.81. The Labute approximate surface area is 96.2 Å². The molecule has 0 bridgehead atoms. The Hall–Kier alpha value is -2.05. The van der Waals surface area contributed by atoms with E-state index in [9.17, 15) is 4.79 Å². The van der Waals surface area contributed by atoms with Gasteiger partial charge in [-0.3, -0.25) is 0 Å². The lowest BCUT2D eigenvalue weighted by Gasteiger charge is -2.21. The van der Waals surface area contributed by atoms with E-state index in [0.717, 1.165) is 24.3 Å². The number of carbonyl (C=O) groups excluding carboxylic acids is 1. The van der Waals surface area contributed by atoms with Crippen molar-refractivity contribution in [3.05, 3.63) is 55.1 Å². The molecule has 1 aromatic carbocycles. The van der Waals surface area contributed by atoms with E-state index in [0.29, 0.717) is 0 Å². The Kier molecular flexibility index (Phi) is 4.84. The van der Waals surface area contributed by atoms with E-state index >= 15 is 0 Å². The van der Waals surface area contributed by atoms with E-state index in [1.165, 1.54) is 6.08 Å². The molecule has 0 aliphatic heterocycles. The number of nitrogens with zero attached hydrogens (tertiary/aromatic N) is 1. The lowest BCUT2D eigenvalue weighted by Crippen LogP contribution is -2.22. The average Bonchev–Trinajstić information content (AvgIpc) is 2.30. The van der Waals surface area contributed by atoms with Crippen LogP contribution in [0.25, 0.3) is 6.08 Å². The number of hydrogen-bond donors (Lipinski definition) is 0. The van der Waals surface area contributed by atoms with E-state index in [2.05, 4.69) is 18.1 Å². The molecule has 0 heterocycles. The third kappa shape index (κ3) is 3.26. The van der Waals surface area contributed by atoms with Crippen LogP contribution in [-0.2, 0) is 4.79 Å². The van der Waals surface area contributed by atoms with Crippen molar-refractivity contribution in [2.24, 2.45) is 0 Å². The van der Waals surface area contributed by atoms with Crippen molar-refractivity contribution >= 4 is 17.7 Å². The maximum atomic E-state index is 10.2. The molecule has 0 N–H and O–H groups in total. The van der Waals surface area contributed by atoms with Crippen LogP contribution in [-0.4, -0.2) is 19.0 Å². The van der Waals surface area contributed by atoms with Crippen molar-refractivity contribution < 1.29 is 4.79 Å². The van der Waals surface area contributed by atoms with Gasteiger partial charge in [-0.2, -0.15) is 0 Å². The molecule has 0 aliphatic rings. The topological polar surface area (TPSA) is 20.3 Å². The summed E-state index contributed by atoms with van der Waals surface area (Å²) in [6.45, 7) is 8.99. The highest BCUT2D eigenvalue weighted by Crippen LogP contribution is 2.15. The van der Waals surface area contributed by atoms with Crippen molar-refractivity contribution in [3.63, 3.8) is 0 Å². The van der Waals surface area contributed by atoms with Crippen molar-refractivity contribution in [1.29, 1.82) is 0 Å². The van der Waals surface area contributed by atoms with Gasteiger partial charge in [-0.1, -0.05) is 24.3 Å². The summed E-state index contributed by atoms with van der Waals surface area (Å²) in [7, 11) is 0. The van der Waals surface area contributed by atoms with Gasteiger partial charge in [-0.05, 0) is 17.7 Å². The average molecular weight is 213 g/mol. The largest absolute Gasteiger partial charge is 0.364 e. The van der Waals surface area contributed by atoms with Crippen LogP contribution in [0.15, 0.2) is 49.6 Å². The van der Waals surface area contributed by atoms with Crippen LogP contribution in [0.3, 0.4) is 0 Å². The second-order valence-electron chi connectivity index (χ2n) is 3.34. The zero-order chi connectivity index (χ0) is 11.8. The Balaban J connectivity index is 2.87. The molecule has 0 saturated heterocycles. The molecule has 2 nitrogen and oxygen atoms in total. The van der Waals surface area contributed by atoms with Gasteiger partial charge in [0.1, 0.15) is 5.94 Å². The highest BCUT2D eigenvalue weighted by molar-refractivity contribution is 5.75. The van der Waals surface area contributed by atoms with Crippen LogP contribution in [0, 0.1) is 0 Å². The molecule has 1 aromatic rings. The number of benzene rings is 1. The van der Waals surface area contributed by atoms with Crippen molar-refractivity contribution in [2.75, 3.05) is 18.0 Å². The quantitative estimate of drug-likeness (QED) is 0.535. The molecule has 1 rings (SSSR count). The first kappa shape index (κ1) is 12.0. The smallest absolute Gasteiger partial charge is 0.125 e. The Morgan fingerprint density at radius 2 is 1.69 bits per heavy atom. The molecule has 82 valence electrons. The minimum Gasteiger partial charge on any atom is -0.364 e. The fourth-order valence-corrected chi connectivity index (χ4v) is 1.45. The molecule has 0 unspecified atom stereocenters. The Bertz CT molecular complexity index is 389. The molecule has 2 heteroatoms. The maximum absolute atomic E-state index is 10.2. The summed E-state index contributed by atoms with van der Waals surface area (Å²) in [6.07, 6.45) is 5.11. The van der Waals surface area contributed by atoms with Gasteiger partial charge < -0.3 is 4.90 Å². The number of rotatable bonds is 6. The summed E-state index contributed by atoms with van der Waals surface area (Å²) >= 11 is 0. The van der Waals surface area contributed by atoms with Crippen LogP contribution in [0.2, 0.25) is 0 Å². The minimum atomic E-state index is 0.773. The molecule has 0 radical (unpaired) electrons. The van der Waals surface area contributed by atoms with E-state index in [-0.39, 0.29) is 0 Å². The SMILES string of the molecule is C=CCN(CC=C)c1ccc(C=C=O)cc1. The van der Waals surface area contributed by atoms with Crippen molar-refractivity contribution in [2.45, 2.75) is 0 Å².